The van der Waals surface area contributed by atoms with Crippen molar-refractivity contribution in [2.75, 3.05) is 39.3 Å². The number of hydrogen-bond donors (Lipinski definition) is 5. The standard InChI is InChI=1S/C26H47N3O10/c1-7-16(4)21(24(34)35)27(10-12-28(14-19(30)31)22(25(36)37)17(5)8-2)11-13-29(15-20(32)33)23(26(38)39)18(6)9-3/h16-18,21-23H,7-15H2,1-6H3,(H,30,31)(H,32,33)(H,34,35)(H,36,37)(H,38,39)/t16-,17-,18-,21?,22?,23?/m0/s1. The molecule has 0 aromatic heterocycles. The quantitative estimate of drug-likeness (QED) is 0.128. The second kappa shape index (κ2) is 17.7. The number of aliphatic carboxylic acids is 5. The zero-order chi connectivity index (χ0) is 30.4. The average molecular weight is 562 g/mol. The Kier molecular flexibility index (Phi) is 16.5. The van der Waals surface area contributed by atoms with Gasteiger partial charge in [-0.25, -0.2) is 0 Å². The van der Waals surface area contributed by atoms with Gasteiger partial charge in [0.1, 0.15) is 18.1 Å². The van der Waals surface area contributed by atoms with Crippen molar-refractivity contribution in [3.8, 4) is 0 Å². The summed E-state index contributed by atoms with van der Waals surface area (Å²) in [6.07, 6.45) is 1.47. The van der Waals surface area contributed by atoms with Gasteiger partial charge < -0.3 is 25.5 Å². The molecule has 0 heterocycles. The highest BCUT2D eigenvalue weighted by atomic mass is 16.4. The van der Waals surface area contributed by atoms with Crippen LogP contribution in [-0.4, -0.2) is 127 Å². The van der Waals surface area contributed by atoms with E-state index in [0.29, 0.717) is 19.3 Å². The number of hydrogen-bond acceptors (Lipinski definition) is 8. The fraction of sp³-hybridized carbons (Fsp3) is 0.808. The first kappa shape index (κ1) is 36.2. The van der Waals surface area contributed by atoms with Crippen LogP contribution < -0.4 is 0 Å². The molecule has 226 valence electrons. The molecule has 0 saturated heterocycles. The topological polar surface area (TPSA) is 196 Å². The molecule has 5 N–H and O–H groups in total. The summed E-state index contributed by atoms with van der Waals surface area (Å²) in [7, 11) is 0. The van der Waals surface area contributed by atoms with Gasteiger partial charge in [-0.2, -0.15) is 0 Å². The largest absolute Gasteiger partial charge is 0.480 e. The second-order valence-corrected chi connectivity index (χ2v) is 10.3. The average Bonchev–Trinajstić information content (AvgIpc) is 2.83. The van der Waals surface area contributed by atoms with E-state index in [1.54, 1.807) is 39.5 Å². The molecule has 0 spiro atoms. The van der Waals surface area contributed by atoms with Gasteiger partial charge in [0.25, 0.3) is 0 Å². The van der Waals surface area contributed by atoms with Crippen LogP contribution in [0.3, 0.4) is 0 Å². The molecule has 0 aliphatic heterocycles. The van der Waals surface area contributed by atoms with E-state index < -0.39 is 61.1 Å². The van der Waals surface area contributed by atoms with Crippen molar-refractivity contribution in [2.45, 2.75) is 78.9 Å². The summed E-state index contributed by atoms with van der Waals surface area (Å²) in [5, 5.41) is 48.6. The van der Waals surface area contributed by atoms with Crippen LogP contribution in [0.1, 0.15) is 60.8 Å². The van der Waals surface area contributed by atoms with Crippen LogP contribution in [0.25, 0.3) is 0 Å². The Bertz CT molecular complexity index is 772. The predicted octanol–water partition coefficient (Wildman–Crippen LogP) is 1.56. The summed E-state index contributed by atoms with van der Waals surface area (Å²) in [5.74, 6) is -7.04. The van der Waals surface area contributed by atoms with E-state index in [9.17, 15) is 49.5 Å². The minimum atomic E-state index is -1.22. The molecule has 13 heteroatoms. The molecule has 0 aliphatic rings. The van der Waals surface area contributed by atoms with Gasteiger partial charge in [0, 0.05) is 26.2 Å². The lowest BCUT2D eigenvalue weighted by molar-refractivity contribution is -0.151. The van der Waals surface area contributed by atoms with E-state index >= 15 is 0 Å². The van der Waals surface area contributed by atoms with Crippen molar-refractivity contribution in [1.29, 1.82) is 0 Å². The lowest BCUT2D eigenvalue weighted by Gasteiger charge is -2.38. The Morgan fingerprint density at radius 1 is 0.487 bits per heavy atom. The van der Waals surface area contributed by atoms with Gasteiger partial charge in [0.15, 0.2) is 0 Å². The number of rotatable bonds is 22. The van der Waals surface area contributed by atoms with E-state index in [1.807, 2.05) is 6.92 Å². The summed E-state index contributed by atoms with van der Waals surface area (Å²) in [6, 6.07) is -3.25. The molecule has 0 amide bonds. The molecule has 39 heavy (non-hydrogen) atoms. The monoisotopic (exact) mass is 561 g/mol. The maximum atomic E-state index is 12.3. The third kappa shape index (κ3) is 11.9. The van der Waals surface area contributed by atoms with E-state index in [-0.39, 0.29) is 43.9 Å². The number of carboxylic acids is 5. The van der Waals surface area contributed by atoms with Gasteiger partial charge in [-0.15, -0.1) is 0 Å². The molecule has 0 aromatic carbocycles. The van der Waals surface area contributed by atoms with Crippen molar-refractivity contribution in [3.63, 3.8) is 0 Å². The molecule has 0 rings (SSSR count). The molecule has 0 radical (unpaired) electrons. The van der Waals surface area contributed by atoms with Crippen LogP contribution in [0, 0.1) is 17.8 Å². The molecule has 6 atom stereocenters. The van der Waals surface area contributed by atoms with Gasteiger partial charge in [-0.1, -0.05) is 60.8 Å². The highest BCUT2D eigenvalue weighted by Gasteiger charge is 2.36. The van der Waals surface area contributed by atoms with Gasteiger partial charge in [-0.3, -0.25) is 38.7 Å². The summed E-state index contributed by atoms with van der Waals surface area (Å²) in [6.45, 7) is 9.27. The summed E-state index contributed by atoms with van der Waals surface area (Å²) in [5.41, 5.74) is 0. The van der Waals surface area contributed by atoms with Crippen molar-refractivity contribution in [2.24, 2.45) is 17.8 Å². The number of nitrogens with zero attached hydrogens (tertiary/aromatic N) is 3. The summed E-state index contributed by atoms with van der Waals surface area (Å²) in [4.78, 5) is 63.8. The van der Waals surface area contributed by atoms with Crippen molar-refractivity contribution < 1.29 is 49.5 Å². The van der Waals surface area contributed by atoms with Gasteiger partial charge in [0.05, 0.1) is 13.1 Å². The van der Waals surface area contributed by atoms with Crippen molar-refractivity contribution in [3.05, 3.63) is 0 Å². The number of carbonyl (C=O) groups is 5. The van der Waals surface area contributed by atoms with Gasteiger partial charge >= 0.3 is 29.8 Å². The smallest absolute Gasteiger partial charge is 0.321 e. The Labute approximate surface area is 230 Å². The Morgan fingerprint density at radius 3 is 0.923 bits per heavy atom. The SMILES string of the molecule is CC[C@H](C)C(C(=O)O)N(CCN(CC(=O)O)C(C(=O)O)[C@@H](C)CC)CCN(CC(=O)O)C(C(=O)O)[C@@H](C)CC. The van der Waals surface area contributed by atoms with Crippen LogP contribution >= 0.6 is 0 Å². The van der Waals surface area contributed by atoms with E-state index in [1.165, 1.54) is 9.80 Å². The van der Waals surface area contributed by atoms with Crippen molar-refractivity contribution >= 4 is 29.8 Å². The van der Waals surface area contributed by atoms with Crippen LogP contribution in [0.4, 0.5) is 0 Å². The molecule has 13 nitrogen and oxygen atoms in total. The zero-order valence-corrected chi connectivity index (χ0v) is 23.9. The highest BCUT2D eigenvalue weighted by molar-refractivity contribution is 5.77. The molecule has 0 saturated carbocycles. The van der Waals surface area contributed by atoms with Crippen molar-refractivity contribution in [1.82, 2.24) is 14.7 Å². The van der Waals surface area contributed by atoms with E-state index in [2.05, 4.69) is 0 Å². The van der Waals surface area contributed by atoms with Crippen LogP contribution in [0.15, 0.2) is 0 Å². The normalized spacial score (nSPS) is 16.4. The van der Waals surface area contributed by atoms with Gasteiger partial charge in [-0.05, 0) is 17.8 Å². The van der Waals surface area contributed by atoms with Crippen LogP contribution in [-0.2, 0) is 24.0 Å². The predicted molar refractivity (Wildman–Crippen MR) is 143 cm³/mol. The van der Waals surface area contributed by atoms with Gasteiger partial charge in [0.2, 0.25) is 0 Å². The molecule has 3 unspecified atom stereocenters. The molecule has 0 aliphatic carbocycles. The second-order valence-electron chi connectivity index (χ2n) is 10.3. The lowest BCUT2D eigenvalue weighted by atomic mass is 9.96. The Hall–Kier alpha value is -2.77. The minimum Gasteiger partial charge on any atom is -0.480 e. The maximum absolute atomic E-state index is 12.3. The highest BCUT2D eigenvalue weighted by Crippen LogP contribution is 2.20. The maximum Gasteiger partial charge on any atom is 0.321 e. The lowest BCUT2D eigenvalue weighted by Crippen LogP contribution is -2.55. The van der Waals surface area contributed by atoms with Crippen LogP contribution in [0.2, 0.25) is 0 Å². The molecule has 0 fully saturated rings. The first-order valence-corrected chi connectivity index (χ1v) is 13.5. The zero-order valence-electron chi connectivity index (χ0n) is 23.9. The molecular formula is C26H47N3O10. The third-order valence-corrected chi connectivity index (χ3v) is 7.51. The van der Waals surface area contributed by atoms with Crippen LogP contribution in [0.5, 0.6) is 0 Å². The third-order valence-electron chi connectivity index (χ3n) is 7.51. The molecule has 0 aromatic rings. The first-order chi connectivity index (χ1) is 18.1. The first-order valence-electron chi connectivity index (χ1n) is 13.5. The molecular weight excluding hydrogens is 514 g/mol. The Balaban J connectivity index is 6.32. The minimum absolute atomic E-state index is 0.0171. The van der Waals surface area contributed by atoms with E-state index in [0.717, 1.165) is 0 Å². The summed E-state index contributed by atoms with van der Waals surface area (Å²) < 4.78 is 0. The van der Waals surface area contributed by atoms with E-state index in [4.69, 9.17) is 0 Å². The summed E-state index contributed by atoms with van der Waals surface area (Å²) >= 11 is 0. The Morgan fingerprint density at radius 2 is 0.718 bits per heavy atom. The molecule has 0 bridgehead atoms. The number of carboxylic acid groups (broad SMARTS) is 5. The fourth-order valence-electron chi connectivity index (χ4n) is 4.83. The fourth-order valence-corrected chi connectivity index (χ4v) is 4.83.